The minimum absolute atomic E-state index is 0.179. The number of aryl methyl sites for hydroxylation is 1. The highest BCUT2D eigenvalue weighted by atomic mass is 19.3. The normalized spacial score (nSPS) is 15.6. The molecule has 1 aromatic carbocycles. The van der Waals surface area contributed by atoms with Gasteiger partial charge in [-0.05, 0) is 30.7 Å². The largest absolute Gasteiger partial charge is 0.338 e. The van der Waals surface area contributed by atoms with Crippen molar-refractivity contribution in [2.75, 3.05) is 5.32 Å². The van der Waals surface area contributed by atoms with E-state index in [2.05, 4.69) is 25.8 Å². The number of hydrogen-bond acceptors (Lipinski definition) is 6. The molecule has 1 amide bonds. The number of rotatable bonds is 6. The van der Waals surface area contributed by atoms with Gasteiger partial charge in [0.15, 0.2) is 0 Å². The lowest BCUT2D eigenvalue weighted by Crippen LogP contribution is -2.48. The lowest BCUT2D eigenvalue weighted by Gasteiger charge is -2.35. The number of nitrogens with one attached hydrogen (secondary N) is 2. The average molecular weight is 438 g/mol. The first-order chi connectivity index (χ1) is 15.4. The number of nitrogens with zero attached hydrogens (tertiary/aromatic N) is 4. The van der Waals surface area contributed by atoms with Crippen molar-refractivity contribution in [3.8, 4) is 11.4 Å². The van der Waals surface area contributed by atoms with Crippen LogP contribution >= 0.6 is 0 Å². The lowest BCUT2D eigenvalue weighted by molar-refractivity contribution is -0.0934. The van der Waals surface area contributed by atoms with Crippen molar-refractivity contribution in [2.24, 2.45) is 0 Å². The van der Waals surface area contributed by atoms with E-state index in [1.807, 2.05) is 37.3 Å². The van der Waals surface area contributed by atoms with Crippen molar-refractivity contribution in [3.63, 3.8) is 0 Å². The molecule has 0 bridgehead atoms. The number of carbonyl (C=O) groups excluding carboxylic acids is 1. The number of fused-ring (bicyclic) bond motifs is 1. The Hall–Kier alpha value is -3.66. The third-order valence-corrected chi connectivity index (χ3v) is 5.49. The first-order valence-corrected chi connectivity index (χ1v) is 10.2. The van der Waals surface area contributed by atoms with Crippen molar-refractivity contribution in [3.05, 3.63) is 65.9 Å². The Balaban J connectivity index is 1.30. The molecule has 2 N–H and O–H groups in total. The molecule has 0 atom stereocenters. The van der Waals surface area contributed by atoms with Gasteiger partial charge in [0, 0.05) is 36.3 Å². The number of anilines is 1. The van der Waals surface area contributed by atoms with E-state index in [9.17, 15) is 13.6 Å². The number of benzene rings is 1. The van der Waals surface area contributed by atoms with E-state index in [1.54, 1.807) is 16.7 Å². The van der Waals surface area contributed by atoms with Crippen molar-refractivity contribution in [1.82, 2.24) is 24.8 Å². The summed E-state index contributed by atoms with van der Waals surface area (Å²) in [7, 11) is 0. The Morgan fingerprint density at radius 1 is 1.28 bits per heavy atom. The minimum Gasteiger partial charge on any atom is -0.338 e. The molecule has 8 nitrogen and oxygen atoms in total. The maximum atomic E-state index is 12.9. The molecule has 0 unspecified atom stereocenters. The van der Waals surface area contributed by atoms with Crippen LogP contribution in [0.15, 0.2) is 53.3 Å². The summed E-state index contributed by atoms with van der Waals surface area (Å²) in [4.78, 5) is 21.4. The summed E-state index contributed by atoms with van der Waals surface area (Å²) in [5, 5.41) is 9.88. The molecule has 32 heavy (non-hydrogen) atoms. The Morgan fingerprint density at radius 3 is 2.94 bits per heavy atom. The number of halogens is 2. The minimum atomic E-state index is -2.58. The lowest BCUT2D eigenvalue weighted by atomic mass is 9.88. The zero-order valence-corrected chi connectivity index (χ0v) is 17.2. The van der Waals surface area contributed by atoms with Crippen LogP contribution in [-0.4, -0.2) is 37.4 Å². The average Bonchev–Trinajstić information content (AvgIpc) is 3.39. The number of amides is 1. The predicted octanol–water partition coefficient (Wildman–Crippen LogP) is 3.83. The number of imidazole rings is 1. The summed E-state index contributed by atoms with van der Waals surface area (Å²) >= 11 is 0. The van der Waals surface area contributed by atoms with Crippen LogP contribution < -0.4 is 10.6 Å². The molecule has 4 aromatic rings. The van der Waals surface area contributed by atoms with Crippen LogP contribution in [0.5, 0.6) is 0 Å². The Morgan fingerprint density at radius 2 is 2.12 bits per heavy atom. The van der Waals surface area contributed by atoms with Gasteiger partial charge in [-0.1, -0.05) is 23.4 Å². The summed E-state index contributed by atoms with van der Waals surface area (Å²) in [5.41, 5.74) is 3.24. The van der Waals surface area contributed by atoms with Gasteiger partial charge in [0.25, 0.3) is 11.8 Å². The fourth-order valence-corrected chi connectivity index (χ4v) is 3.66. The van der Waals surface area contributed by atoms with Crippen molar-refractivity contribution in [2.45, 2.75) is 38.3 Å². The molecule has 5 rings (SSSR count). The molecule has 0 radical (unpaired) electrons. The fraction of sp³-hybridized carbons (Fsp3) is 0.273. The molecule has 3 heterocycles. The molecule has 3 aromatic heterocycles. The third kappa shape index (κ3) is 3.96. The van der Waals surface area contributed by atoms with Crippen LogP contribution in [0.3, 0.4) is 0 Å². The van der Waals surface area contributed by atoms with Crippen molar-refractivity contribution < 1.29 is 18.1 Å². The Bertz CT molecular complexity index is 1290. The standard InChI is InChI=1S/C22H20F2N6O2/c1-13-5-6-14(20-28-19(32-29-20)12-25-15-9-22(23,24)10-15)8-16(13)27-21(31)17-11-26-18-4-2-3-7-30(17)18/h2-8,11,15,25H,9-10,12H2,1H3,(H,27,31). The molecule has 10 heteroatoms. The second-order valence-corrected chi connectivity index (χ2v) is 7.91. The molecular formula is C22H20F2N6O2. The zero-order chi connectivity index (χ0) is 22.3. The topological polar surface area (TPSA) is 97.4 Å². The number of alkyl halides is 2. The summed E-state index contributed by atoms with van der Waals surface area (Å²) in [6.07, 6.45) is 2.95. The number of pyridine rings is 1. The SMILES string of the molecule is Cc1ccc(-c2noc(CNC3CC(F)(F)C3)n2)cc1NC(=O)c1cnc2ccccn12. The highest BCUT2D eigenvalue weighted by Crippen LogP contribution is 2.37. The highest BCUT2D eigenvalue weighted by molar-refractivity contribution is 6.04. The van der Waals surface area contributed by atoms with Gasteiger partial charge in [0.2, 0.25) is 11.7 Å². The monoisotopic (exact) mass is 438 g/mol. The number of aromatic nitrogens is 4. The molecule has 1 aliphatic carbocycles. The molecule has 0 saturated heterocycles. The van der Waals surface area contributed by atoms with E-state index in [0.29, 0.717) is 34.3 Å². The van der Waals surface area contributed by atoms with E-state index in [0.717, 1.165) is 5.56 Å². The van der Waals surface area contributed by atoms with Crippen LogP contribution in [0.1, 0.15) is 34.8 Å². The van der Waals surface area contributed by atoms with Gasteiger partial charge >= 0.3 is 0 Å². The second kappa shape index (κ2) is 7.79. The number of hydrogen-bond donors (Lipinski definition) is 2. The van der Waals surface area contributed by atoms with Gasteiger partial charge in [-0.3, -0.25) is 9.20 Å². The molecule has 1 fully saturated rings. The smallest absolute Gasteiger partial charge is 0.274 e. The summed E-state index contributed by atoms with van der Waals surface area (Å²) in [6, 6.07) is 10.7. The van der Waals surface area contributed by atoms with E-state index < -0.39 is 5.92 Å². The van der Waals surface area contributed by atoms with Crippen molar-refractivity contribution in [1.29, 1.82) is 0 Å². The number of carbonyl (C=O) groups is 1. The summed E-state index contributed by atoms with van der Waals surface area (Å²) in [5.74, 6) is -2.21. The molecular weight excluding hydrogens is 418 g/mol. The summed E-state index contributed by atoms with van der Waals surface area (Å²) < 4.78 is 32.8. The molecule has 164 valence electrons. The predicted molar refractivity (Wildman–Crippen MR) is 112 cm³/mol. The van der Waals surface area contributed by atoms with E-state index in [-0.39, 0.29) is 31.3 Å². The van der Waals surface area contributed by atoms with Crippen molar-refractivity contribution >= 4 is 17.2 Å². The van der Waals surface area contributed by atoms with Crippen LogP contribution in [-0.2, 0) is 6.54 Å². The van der Waals surface area contributed by atoms with Gasteiger partial charge in [0.1, 0.15) is 11.3 Å². The van der Waals surface area contributed by atoms with Gasteiger partial charge in [-0.25, -0.2) is 13.8 Å². The van der Waals surface area contributed by atoms with Gasteiger partial charge in [-0.2, -0.15) is 4.98 Å². The van der Waals surface area contributed by atoms with Gasteiger partial charge in [0.05, 0.1) is 12.7 Å². The van der Waals surface area contributed by atoms with Crippen LogP contribution in [0.2, 0.25) is 0 Å². The van der Waals surface area contributed by atoms with Gasteiger partial charge < -0.3 is 15.2 Å². The van der Waals surface area contributed by atoms with Crippen LogP contribution in [0, 0.1) is 6.92 Å². The summed E-state index contributed by atoms with van der Waals surface area (Å²) in [6.45, 7) is 2.10. The quantitative estimate of drug-likeness (QED) is 0.475. The van der Waals surface area contributed by atoms with Crippen LogP contribution in [0.4, 0.5) is 14.5 Å². The first kappa shape index (κ1) is 20.3. The molecule has 1 saturated carbocycles. The van der Waals surface area contributed by atoms with Crippen LogP contribution in [0.25, 0.3) is 17.0 Å². The maximum Gasteiger partial charge on any atom is 0.274 e. The highest BCUT2D eigenvalue weighted by Gasteiger charge is 2.45. The fourth-order valence-electron chi connectivity index (χ4n) is 3.66. The molecule has 0 spiro atoms. The van der Waals surface area contributed by atoms with E-state index in [4.69, 9.17) is 4.52 Å². The van der Waals surface area contributed by atoms with Gasteiger partial charge in [-0.15, -0.1) is 0 Å². The Labute approximate surface area is 181 Å². The van der Waals surface area contributed by atoms with E-state index >= 15 is 0 Å². The third-order valence-electron chi connectivity index (χ3n) is 5.49. The molecule has 0 aliphatic heterocycles. The second-order valence-electron chi connectivity index (χ2n) is 7.91. The Kier molecular flexibility index (Phi) is 4.93. The molecule has 1 aliphatic rings. The first-order valence-electron chi connectivity index (χ1n) is 10.2. The maximum absolute atomic E-state index is 12.9. The zero-order valence-electron chi connectivity index (χ0n) is 17.2. The van der Waals surface area contributed by atoms with E-state index in [1.165, 1.54) is 6.20 Å².